The van der Waals surface area contributed by atoms with Crippen LogP contribution in [0.1, 0.15) is 16.7 Å². The Bertz CT molecular complexity index is 524. The highest BCUT2D eigenvalue weighted by atomic mass is 16.6. The number of aryl methyl sites for hydroxylation is 2. The zero-order valence-electron chi connectivity index (χ0n) is 14.0. The molecule has 1 fully saturated rings. The molecule has 1 aliphatic rings. The van der Waals surface area contributed by atoms with Crippen molar-refractivity contribution in [2.24, 2.45) is 5.92 Å². The minimum atomic E-state index is -0.390. The zero-order valence-corrected chi connectivity index (χ0v) is 14.0. The predicted molar refractivity (Wildman–Crippen MR) is 87.5 cm³/mol. The van der Waals surface area contributed by atoms with Gasteiger partial charge in [0.05, 0.1) is 13.2 Å². The van der Waals surface area contributed by atoms with Crippen molar-refractivity contribution in [3.05, 3.63) is 28.8 Å². The second kappa shape index (κ2) is 8.29. The van der Waals surface area contributed by atoms with Crippen LogP contribution in [0.2, 0.25) is 0 Å². The van der Waals surface area contributed by atoms with Crippen LogP contribution in [-0.2, 0) is 16.1 Å². The molecule has 2 unspecified atom stereocenters. The van der Waals surface area contributed by atoms with E-state index in [1.807, 2.05) is 13.8 Å². The molecule has 1 aromatic carbocycles. The van der Waals surface area contributed by atoms with Gasteiger partial charge in [-0.15, -0.1) is 0 Å². The van der Waals surface area contributed by atoms with Gasteiger partial charge in [0, 0.05) is 32.1 Å². The van der Waals surface area contributed by atoms with E-state index in [4.69, 9.17) is 4.74 Å². The molecule has 0 aliphatic carbocycles. The van der Waals surface area contributed by atoms with Crippen LogP contribution in [0.25, 0.3) is 0 Å². The Labute approximate surface area is 137 Å². The van der Waals surface area contributed by atoms with Crippen LogP contribution in [0.4, 0.5) is 0 Å². The van der Waals surface area contributed by atoms with Crippen molar-refractivity contribution in [3.63, 3.8) is 0 Å². The number of ether oxygens (including phenoxy) is 2. The van der Waals surface area contributed by atoms with Gasteiger partial charge in [0.1, 0.15) is 5.75 Å². The zero-order chi connectivity index (χ0) is 16.8. The molecule has 1 heterocycles. The highest BCUT2D eigenvalue weighted by Gasteiger charge is 2.24. The number of carbonyl (C=O) groups is 1. The average molecular weight is 322 g/mol. The Morgan fingerprint density at radius 3 is 2.61 bits per heavy atom. The molecule has 128 valence electrons. The van der Waals surface area contributed by atoms with Crippen LogP contribution in [0.15, 0.2) is 12.1 Å². The quantitative estimate of drug-likeness (QED) is 0.635. The van der Waals surface area contributed by atoms with Gasteiger partial charge in [-0.1, -0.05) is 12.1 Å². The molecule has 0 amide bonds. The summed E-state index contributed by atoms with van der Waals surface area (Å²) in [7, 11) is 1.34. The highest BCUT2D eigenvalue weighted by molar-refractivity contribution is 5.71. The van der Waals surface area contributed by atoms with Gasteiger partial charge in [-0.05, 0) is 30.5 Å². The number of hydrogen-bond acceptors (Lipinski definition) is 6. The lowest BCUT2D eigenvalue weighted by molar-refractivity contribution is -0.142. The van der Waals surface area contributed by atoms with Crippen molar-refractivity contribution in [2.45, 2.75) is 26.5 Å². The first-order valence-electron chi connectivity index (χ1n) is 7.90. The molecule has 1 saturated heterocycles. The summed E-state index contributed by atoms with van der Waals surface area (Å²) >= 11 is 0. The molecular weight excluding hydrogens is 296 g/mol. The fraction of sp³-hybridized carbons (Fsp3) is 0.588. The minimum absolute atomic E-state index is 0.0810. The molecule has 0 radical (unpaired) electrons. The Morgan fingerprint density at radius 2 is 2.04 bits per heavy atom. The van der Waals surface area contributed by atoms with Gasteiger partial charge in [0.2, 0.25) is 0 Å². The fourth-order valence-electron chi connectivity index (χ4n) is 2.89. The van der Waals surface area contributed by atoms with E-state index in [1.165, 1.54) is 7.11 Å². The third-order valence-corrected chi connectivity index (χ3v) is 4.12. The summed E-state index contributed by atoms with van der Waals surface area (Å²) in [6, 6.07) is 4.10. The predicted octanol–water partition coefficient (Wildman–Crippen LogP) is 0.525. The van der Waals surface area contributed by atoms with Crippen LogP contribution in [-0.4, -0.2) is 50.5 Å². The molecule has 0 saturated carbocycles. The first-order chi connectivity index (χ1) is 11.0. The van der Waals surface area contributed by atoms with Gasteiger partial charge < -0.3 is 25.2 Å². The summed E-state index contributed by atoms with van der Waals surface area (Å²) in [5.41, 5.74) is 3.15. The van der Waals surface area contributed by atoms with Gasteiger partial charge >= 0.3 is 5.97 Å². The van der Waals surface area contributed by atoms with E-state index in [-0.39, 0.29) is 18.6 Å². The molecule has 0 spiro atoms. The second-order valence-corrected chi connectivity index (χ2v) is 6.04. The summed E-state index contributed by atoms with van der Waals surface area (Å²) in [6.45, 7) is 6.90. The molecule has 0 aromatic heterocycles. The van der Waals surface area contributed by atoms with Crippen molar-refractivity contribution < 1.29 is 19.4 Å². The topological polar surface area (TPSA) is 79.8 Å². The fourth-order valence-corrected chi connectivity index (χ4v) is 2.89. The number of aliphatic hydroxyl groups excluding tert-OH is 1. The molecule has 2 atom stereocenters. The number of methoxy groups -OCH3 is 1. The number of hydrogen-bond donors (Lipinski definition) is 3. The first kappa shape index (κ1) is 17.7. The van der Waals surface area contributed by atoms with E-state index in [9.17, 15) is 9.90 Å². The number of rotatable bonds is 7. The summed E-state index contributed by atoms with van der Waals surface area (Å²) in [5.74, 6) is 0.604. The molecule has 23 heavy (non-hydrogen) atoms. The third kappa shape index (κ3) is 4.92. The number of aliphatic hydroxyl groups is 1. The maximum absolute atomic E-state index is 11.2. The van der Waals surface area contributed by atoms with Gasteiger partial charge in [0.25, 0.3) is 0 Å². The smallest absolute Gasteiger partial charge is 0.343 e. The van der Waals surface area contributed by atoms with Crippen molar-refractivity contribution in [1.29, 1.82) is 0 Å². The lowest BCUT2D eigenvalue weighted by Crippen LogP contribution is -2.30. The molecule has 6 heteroatoms. The molecule has 3 N–H and O–H groups in total. The van der Waals surface area contributed by atoms with Crippen molar-refractivity contribution >= 4 is 5.97 Å². The van der Waals surface area contributed by atoms with E-state index in [1.54, 1.807) is 0 Å². The van der Waals surface area contributed by atoms with Gasteiger partial charge in [-0.25, -0.2) is 4.79 Å². The molecule has 6 nitrogen and oxygen atoms in total. The van der Waals surface area contributed by atoms with Crippen molar-refractivity contribution in [3.8, 4) is 5.75 Å². The molecule has 2 rings (SSSR count). The van der Waals surface area contributed by atoms with Gasteiger partial charge in [0.15, 0.2) is 6.61 Å². The van der Waals surface area contributed by atoms with E-state index in [0.29, 0.717) is 6.54 Å². The highest BCUT2D eigenvalue weighted by Crippen LogP contribution is 2.25. The van der Waals surface area contributed by atoms with Crippen LogP contribution < -0.4 is 15.4 Å². The second-order valence-electron chi connectivity index (χ2n) is 6.04. The first-order valence-corrected chi connectivity index (χ1v) is 7.90. The van der Waals surface area contributed by atoms with Gasteiger partial charge in [-0.3, -0.25) is 0 Å². The summed E-state index contributed by atoms with van der Waals surface area (Å²) in [5, 5.41) is 16.4. The standard InChI is InChI=1S/C17H26N2O4/c1-11-4-13(6-18-7-14-8-19-9-15(14)20)5-12(2)17(11)23-10-16(21)22-3/h4-5,14-15,18-20H,6-10H2,1-3H3. The van der Waals surface area contributed by atoms with Crippen LogP contribution in [0, 0.1) is 19.8 Å². The number of carbonyl (C=O) groups excluding carboxylic acids is 1. The van der Waals surface area contributed by atoms with E-state index >= 15 is 0 Å². The number of esters is 1. The monoisotopic (exact) mass is 322 g/mol. The lowest BCUT2D eigenvalue weighted by atomic mass is 10.0. The number of β-amino-alcohol motifs (C(OH)–C–C–N with tert-alkyl or cyclic N) is 1. The van der Waals surface area contributed by atoms with Crippen molar-refractivity contribution in [1.82, 2.24) is 10.6 Å². The Kier molecular flexibility index (Phi) is 6.38. The minimum Gasteiger partial charge on any atom is -0.481 e. The largest absolute Gasteiger partial charge is 0.481 e. The molecule has 0 bridgehead atoms. The number of nitrogens with one attached hydrogen (secondary N) is 2. The number of benzene rings is 1. The van der Waals surface area contributed by atoms with Crippen LogP contribution in [0.3, 0.4) is 0 Å². The molecular formula is C17H26N2O4. The maximum atomic E-state index is 11.2. The third-order valence-electron chi connectivity index (χ3n) is 4.12. The lowest BCUT2D eigenvalue weighted by Gasteiger charge is -2.16. The maximum Gasteiger partial charge on any atom is 0.343 e. The van der Waals surface area contributed by atoms with Crippen molar-refractivity contribution in [2.75, 3.05) is 33.4 Å². The van der Waals surface area contributed by atoms with E-state index in [2.05, 4.69) is 27.5 Å². The summed E-state index contributed by atoms with van der Waals surface area (Å²) in [6.07, 6.45) is -0.264. The molecule has 1 aromatic rings. The average Bonchev–Trinajstić information content (AvgIpc) is 2.91. The summed E-state index contributed by atoms with van der Waals surface area (Å²) in [4.78, 5) is 11.2. The van der Waals surface area contributed by atoms with Crippen LogP contribution >= 0.6 is 0 Å². The van der Waals surface area contributed by atoms with Gasteiger partial charge in [-0.2, -0.15) is 0 Å². The van der Waals surface area contributed by atoms with E-state index < -0.39 is 5.97 Å². The Morgan fingerprint density at radius 1 is 1.35 bits per heavy atom. The van der Waals surface area contributed by atoms with E-state index in [0.717, 1.165) is 42.1 Å². The normalized spacial score (nSPS) is 20.5. The SMILES string of the molecule is COC(=O)COc1c(C)cc(CNCC2CNCC2O)cc1C. The molecule has 1 aliphatic heterocycles. The summed E-state index contributed by atoms with van der Waals surface area (Å²) < 4.78 is 10.1. The Balaban J connectivity index is 1.89. The van der Waals surface area contributed by atoms with Crippen LogP contribution in [0.5, 0.6) is 5.75 Å². The Hall–Kier alpha value is -1.63.